The second-order valence-corrected chi connectivity index (χ2v) is 4.92. The van der Waals surface area contributed by atoms with Gasteiger partial charge >= 0.3 is 0 Å². The molecule has 0 unspecified atom stereocenters. The lowest BCUT2D eigenvalue weighted by Gasteiger charge is -2.15. The summed E-state index contributed by atoms with van der Waals surface area (Å²) in [5.41, 5.74) is 3.77. The van der Waals surface area contributed by atoms with Gasteiger partial charge < -0.3 is 4.57 Å². The van der Waals surface area contributed by atoms with E-state index in [9.17, 15) is 0 Å². The van der Waals surface area contributed by atoms with Crippen molar-refractivity contribution >= 4 is 0 Å². The normalized spacial score (nSPS) is 14.7. The van der Waals surface area contributed by atoms with E-state index in [0.29, 0.717) is 0 Å². The van der Waals surface area contributed by atoms with Crippen molar-refractivity contribution in [2.45, 2.75) is 39.7 Å². The predicted octanol–water partition coefficient (Wildman–Crippen LogP) is 2.90. The molecule has 1 aliphatic heterocycles. The Bertz CT molecular complexity index is 534. The van der Waals surface area contributed by atoms with Gasteiger partial charge in [0.15, 0.2) is 5.82 Å². The van der Waals surface area contributed by atoms with Crippen LogP contribution >= 0.6 is 0 Å². The van der Waals surface area contributed by atoms with Crippen molar-refractivity contribution in [2.75, 3.05) is 0 Å². The molecule has 17 heavy (non-hydrogen) atoms. The number of aryl methyl sites for hydroxylation is 3. The zero-order chi connectivity index (χ0) is 11.8. The topological polar surface area (TPSA) is 30.7 Å². The lowest BCUT2D eigenvalue weighted by molar-refractivity contribution is 0.526. The van der Waals surface area contributed by atoms with Crippen molar-refractivity contribution in [3.8, 4) is 11.4 Å². The van der Waals surface area contributed by atoms with Gasteiger partial charge in [0.25, 0.3) is 0 Å². The molecule has 0 saturated heterocycles. The van der Waals surface area contributed by atoms with Gasteiger partial charge in [-0.15, -0.1) is 10.2 Å². The Morgan fingerprint density at radius 3 is 2.53 bits per heavy atom. The maximum Gasteiger partial charge on any atom is 0.163 e. The Labute approximate surface area is 101 Å². The van der Waals surface area contributed by atoms with Gasteiger partial charge in [-0.3, -0.25) is 0 Å². The van der Waals surface area contributed by atoms with Crippen molar-refractivity contribution in [3.63, 3.8) is 0 Å². The third-order valence-corrected chi connectivity index (χ3v) is 3.34. The molecule has 0 amide bonds. The Morgan fingerprint density at radius 2 is 1.76 bits per heavy atom. The molecule has 0 radical (unpaired) electrons. The summed E-state index contributed by atoms with van der Waals surface area (Å²) in [5, 5.41) is 8.67. The molecular weight excluding hydrogens is 210 g/mol. The summed E-state index contributed by atoms with van der Waals surface area (Å²) >= 11 is 0. The van der Waals surface area contributed by atoms with Crippen LogP contribution in [0.3, 0.4) is 0 Å². The maximum absolute atomic E-state index is 4.36. The first-order chi connectivity index (χ1) is 8.24. The molecule has 3 heteroatoms. The lowest BCUT2D eigenvalue weighted by Crippen LogP contribution is -2.11. The number of aromatic nitrogens is 3. The van der Waals surface area contributed by atoms with Crippen molar-refractivity contribution < 1.29 is 0 Å². The van der Waals surface area contributed by atoms with Crippen LogP contribution in [0.25, 0.3) is 11.4 Å². The standard InChI is InChI=1S/C14H17N3/c1-10-7-11(2)9-12(8-10)14-16-15-13-5-3-4-6-17(13)14/h7-9H,3-6H2,1-2H3. The van der Waals surface area contributed by atoms with E-state index in [0.717, 1.165) is 24.6 Å². The lowest BCUT2D eigenvalue weighted by atomic mass is 10.1. The first-order valence-corrected chi connectivity index (χ1v) is 6.25. The van der Waals surface area contributed by atoms with Crippen LogP contribution in [-0.2, 0) is 13.0 Å². The zero-order valence-electron chi connectivity index (χ0n) is 10.4. The summed E-state index contributed by atoms with van der Waals surface area (Å²) in [6.45, 7) is 5.32. The van der Waals surface area contributed by atoms with E-state index in [4.69, 9.17) is 0 Å². The average Bonchev–Trinajstić information content (AvgIpc) is 2.71. The summed E-state index contributed by atoms with van der Waals surface area (Å²) in [6.07, 6.45) is 3.55. The van der Waals surface area contributed by atoms with Gasteiger partial charge in [0, 0.05) is 18.5 Å². The van der Waals surface area contributed by atoms with Crippen LogP contribution in [0.4, 0.5) is 0 Å². The summed E-state index contributed by atoms with van der Waals surface area (Å²) < 4.78 is 2.28. The second kappa shape index (κ2) is 3.99. The summed E-state index contributed by atoms with van der Waals surface area (Å²) in [7, 11) is 0. The zero-order valence-corrected chi connectivity index (χ0v) is 10.4. The van der Waals surface area contributed by atoms with Gasteiger partial charge in [0.2, 0.25) is 0 Å². The number of hydrogen-bond acceptors (Lipinski definition) is 2. The summed E-state index contributed by atoms with van der Waals surface area (Å²) in [6, 6.07) is 6.58. The van der Waals surface area contributed by atoms with Gasteiger partial charge in [0.05, 0.1) is 0 Å². The molecule has 88 valence electrons. The Kier molecular flexibility index (Phi) is 2.46. The highest BCUT2D eigenvalue weighted by Crippen LogP contribution is 2.24. The van der Waals surface area contributed by atoms with Gasteiger partial charge in [-0.05, 0) is 38.8 Å². The minimum Gasteiger partial charge on any atom is -0.311 e. The molecule has 2 aromatic rings. The molecule has 0 N–H and O–H groups in total. The van der Waals surface area contributed by atoms with Gasteiger partial charge in [-0.1, -0.05) is 17.2 Å². The van der Waals surface area contributed by atoms with E-state index in [1.54, 1.807) is 0 Å². The minimum atomic E-state index is 1.03. The maximum atomic E-state index is 4.36. The number of fused-ring (bicyclic) bond motifs is 1. The van der Waals surface area contributed by atoms with Crippen LogP contribution in [0.15, 0.2) is 18.2 Å². The Balaban J connectivity index is 2.11. The molecule has 3 rings (SSSR count). The molecule has 1 aliphatic rings. The smallest absolute Gasteiger partial charge is 0.163 e. The fourth-order valence-electron chi connectivity index (χ4n) is 2.63. The number of hydrogen-bond donors (Lipinski definition) is 0. The summed E-state index contributed by atoms with van der Waals surface area (Å²) in [4.78, 5) is 0. The first kappa shape index (κ1) is 10.5. The molecule has 1 aromatic carbocycles. The predicted molar refractivity (Wildman–Crippen MR) is 67.9 cm³/mol. The fraction of sp³-hybridized carbons (Fsp3) is 0.429. The van der Waals surface area contributed by atoms with Crippen LogP contribution in [0.2, 0.25) is 0 Å². The highest BCUT2D eigenvalue weighted by Gasteiger charge is 2.16. The third kappa shape index (κ3) is 1.86. The van der Waals surface area contributed by atoms with Crippen LogP contribution in [-0.4, -0.2) is 14.8 Å². The van der Waals surface area contributed by atoms with E-state index in [1.165, 1.54) is 29.5 Å². The fourth-order valence-corrected chi connectivity index (χ4v) is 2.63. The van der Waals surface area contributed by atoms with Crippen molar-refractivity contribution in [1.82, 2.24) is 14.8 Å². The van der Waals surface area contributed by atoms with Crippen LogP contribution in [0.1, 0.15) is 29.8 Å². The van der Waals surface area contributed by atoms with Gasteiger partial charge in [0.1, 0.15) is 5.82 Å². The summed E-state index contributed by atoms with van der Waals surface area (Å²) in [5.74, 6) is 2.18. The second-order valence-electron chi connectivity index (χ2n) is 4.92. The molecule has 3 nitrogen and oxygen atoms in total. The van der Waals surface area contributed by atoms with Gasteiger partial charge in [-0.25, -0.2) is 0 Å². The van der Waals surface area contributed by atoms with Crippen LogP contribution < -0.4 is 0 Å². The molecule has 0 atom stereocenters. The number of benzene rings is 1. The quantitative estimate of drug-likeness (QED) is 0.750. The van der Waals surface area contributed by atoms with Crippen molar-refractivity contribution in [2.24, 2.45) is 0 Å². The SMILES string of the molecule is Cc1cc(C)cc(-c2nnc3n2CCCC3)c1. The molecular formula is C14H17N3. The van der Waals surface area contributed by atoms with E-state index >= 15 is 0 Å². The number of nitrogens with zero attached hydrogens (tertiary/aromatic N) is 3. The van der Waals surface area contributed by atoms with E-state index in [-0.39, 0.29) is 0 Å². The number of rotatable bonds is 1. The average molecular weight is 227 g/mol. The monoisotopic (exact) mass is 227 g/mol. The highest BCUT2D eigenvalue weighted by atomic mass is 15.3. The molecule has 0 bridgehead atoms. The molecule has 0 fully saturated rings. The highest BCUT2D eigenvalue weighted by molar-refractivity contribution is 5.58. The third-order valence-electron chi connectivity index (χ3n) is 3.34. The van der Waals surface area contributed by atoms with E-state index < -0.39 is 0 Å². The van der Waals surface area contributed by atoms with Crippen molar-refractivity contribution in [3.05, 3.63) is 35.2 Å². The molecule has 0 aliphatic carbocycles. The van der Waals surface area contributed by atoms with E-state index in [1.807, 2.05) is 0 Å². The Hall–Kier alpha value is -1.64. The molecule has 0 saturated carbocycles. The van der Waals surface area contributed by atoms with Crippen LogP contribution in [0.5, 0.6) is 0 Å². The van der Waals surface area contributed by atoms with Crippen molar-refractivity contribution in [1.29, 1.82) is 0 Å². The molecule has 0 spiro atoms. The van der Waals surface area contributed by atoms with Gasteiger partial charge in [-0.2, -0.15) is 0 Å². The largest absolute Gasteiger partial charge is 0.311 e. The minimum absolute atomic E-state index is 1.03. The first-order valence-electron chi connectivity index (χ1n) is 6.25. The van der Waals surface area contributed by atoms with E-state index in [2.05, 4.69) is 46.8 Å². The molecule has 2 heterocycles. The molecule has 1 aromatic heterocycles. The Morgan fingerprint density at radius 1 is 1.00 bits per heavy atom. The van der Waals surface area contributed by atoms with Crippen LogP contribution in [0, 0.1) is 13.8 Å².